The van der Waals surface area contributed by atoms with E-state index in [0.717, 1.165) is 0 Å². The van der Waals surface area contributed by atoms with Gasteiger partial charge in [-0.15, -0.1) is 0 Å². The lowest BCUT2D eigenvalue weighted by Crippen LogP contribution is -2.15. The number of nitriles is 1. The van der Waals surface area contributed by atoms with Crippen molar-refractivity contribution in [2.45, 2.75) is 6.10 Å². The van der Waals surface area contributed by atoms with Crippen molar-refractivity contribution in [2.75, 3.05) is 14.2 Å². The molecule has 3 rings (SSSR count). The zero-order chi connectivity index (χ0) is 21.7. The SMILES string of the molecule is COc1c(C(=O)c2ccc(C#N)cc2)ccc(C(=O)C(O)c2ccccc2)c1OC. The second-order valence-electron chi connectivity index (χ2n) is 6.42. The van der Waals surface area contributed by atoms with Crippen LogP contribution >= 0.6 is 0 Å². The number of hydrogen-bond donors (Lipinski definition) is 1. The molecule has 1 unspecified atom stereocenters. The summed E-state index contributed by atoms with van der Waals surface area (Å²) in [5, 5.41) is 19.4. The van der Waals surface area contributed by atoms with Crippen LogP contribution in [0.25, 0.3) is 0 Å². The number of nitrogens with zero attached hydrogens (tertiary/aromatic N) is 1. The first-order valence-electron chi connectivity index (χ1n) is 9.08. The highest BCUT2D eigenvalue weighted by atomic mass is 16.5. The van der Waals surface area contributed by atoms with E-state index in [1.165, 1.54) is 26.4 Å². The van der Waals surface area contributed by atoms with Crippen molar-refractivity contribution < 1.29 is 24.2 Å². The molecular formula is C24H19NO5. The zero-order valence-electron chi connectivity index (χ0n) is 16.5. The van der Waals surface area contributed by atoms with Crippen molar-refractivity contribution in [1.82, 2.24) is 0 Å². The van der Waals surface area contributed by atoms with Crippen LogP contribution in [0.3, 0.4) is 0 Å². The molecule has 0 amide bonds. The zero-order valence-corrected chi connectivity index (χ0v) is 16.5. The fourth-order valence-electron chi connectivity index (χ4n) is 3.13. The Morgan fingerprint density at radius 1 is 0.867 bits per heavy atom. The highest BCUT2D eigenvalue weighted by Gasteiger charge is 2.28. The lowest BCUT2D eigenvalue weighted by Gasteiger charge is -2.17. The van der Waals surface area contributed by atoms with Crippen LogP contribution in [-0.2, 0) is 0 Å². The van der Waals surface area contributed by atoms with E-state index in [9.17, 15) is 14.7 Å². The average Bonchev–Trinajstić information content (AvgIpc) is 2.82. The van der Waals surface area contributed by atoms with Crippen LogP contribution in [0.2, 0.25) is 0 Å². The Balaban J connectivity index is 2.03. The molecule has 0 aliphatic rings. The number of Topliss-reactive ketones (excluding diaryl/α,β-unsaturated/α-hetero) is 1. The monoisotopic (exact) mass is 401 g/mol. The molecule has 0 bridgehead atoms. The molecule has 6 heteroatoms. The molecule has 0 heterocycles. The third-order valence-corrected chi connectivity index (χ3v) is 4.67. The molecule has 0 aromatic heterocycles. The van der Waals surface area contributed by atoms with E-state index in [4.69, 9.17) is 14.7 Å². The fraction of sp³-hybridized carbons (Fsp3) is 0.125. The van der Waals surface area contributed by atoms with Gasteiger partial charge in [0.25, 0.3) is 0 Å². The van der Waals surface area contributed by atoms with Gasteiger partial charge in [-0.1, -0.05) is 30.3 Å². The molecule has 0 saturated carbocycles. The number of ketones is 2. The maximum atomic E-state index is 13.0. The maximum absolute atomic E-state index is 13.0. The molecule has 0 spiro atoms. The predicted octanol–water partition coefficient (Wildman–Crippen LogP) is 3.72. The van der Waals surface area contributed by atoms with E-state index in [2.05, 4.69) is 0 Å². The Kier molecular flexibility index (Phi) is 6.26. The largest absolute Gasteiger partial charge is 0.492 e. The Hall–Kier alpha value is -3.95. The van der Waals surface area contributed by atoms with Crippen LogP contribution in [0.1, 0.15) is 43.5 Å². The lowest BCUT2D eigenvalue weighted by atomic mass is 9.95. The molecule has 0 saturated heterocycles. The van der Waals surface area contributed by atoms with Crippen molar-refractivity contribution in [3.05, 3.63) is 94.5 Å². The summed E-state index contributed by atoms with van der Waals surface area (Å²) in [5.74, 6) is -0.763. The standard InChI is InChI=1S/C24H19NO5/c1-29-23-18(20(26)17-10-8-15(14-25)9-11-17)12-13-19(24(23)30-2)22(28)21(27)16-6-4-3-5-7-16/h3-13,21,27H,1-2H3. The van der Waals surface area contributed by atoms with Gasteiger partial charge in [0.05, 0.1) is 37.0 Å². The van der Waals surface area contributed by atoms with Crippen LogP contribution in [0, 0.1) is 11.3 Å². The molecule has 0 fully saturated rings. The summed E-state index contributed by atoms with van der Waals surface area (Å²) < 4.78 is 10.8. The molecule has 1 N–H and O–H groups in total. The van der Waals surface area contributed by atoms with E-state index in [-0.39, 0.29) is 28.4 Å². The summed E-state index contributed by atoms with van der Waals surface area (Å²) in [6.45, 7) is 0. The highest BCUT2D eigenvalue weighted by molar-refractivity contribution is 6.13. The van der Waals surface area contributed by atoms with Crippen molar-refractivity contribution in [2.24, 2.45) is 0 Å². The van der Waals surface area contributed by atoms with Crippen LogP contribution < -0.4 is 9.47 Å². The number of rotatable bonds is 7. The van der Waals surface area contributed by atoms with Crippen LogP contribution in [0.4, 0.5) is 0 Å². The van der Waals surface area contributed by atoms with Crippen molar-refractivity contribution in [3.63, 3.8) is 0 Å². The normalized spacial score (nSPS) is 11.3. The molecule has 0 radical (unpaired) electrons. The predicted molar refractivity (Wildman–Crippen MR) is 110 cm³/mol. The molecular weight excluding hydrogens is 382 g/mol. The van der Waals surface area contributed by atoms with Gasteiger partial charge >= 0.3 is 0 Å². The topological polar surface area (TPSA) is 96.6 Å². The average molecular weight is 401 g/mol. The Bertz CT molecular complexity index is 1110. The van der Waals surface area contributed by atoms with Crippen molar-refractivity contribution in [1.29, 1.82) is 5.26 Å². The van der Waals surface area contributed by atoms with Gasteiger partial charge in [-0.2, -0.15) is 5.26 Å². The Labute approximate surface area is 173 Å². The van der Waals surface area contributed by atoms with Crippen LogP contribution in [0.5, 0.6) is 11.5 Å². The smallest absolute Gasteiger partial charge is 0.199 e. The number of benzene rings is 3. The first-order chi connectivity index (χ1) is 14.5. The molecule has 150 valence electrons. The number of carbonyl (C=O) groups excluding carboxylic acids is 2. The number of ether oxygens (including phenoxy) is 2. The summed E-state index contributed by atoms with van der Waals surface area (Å²) in [6.07, 6.45) is -1.38. The molecule has 0 aliphatic heterocycles. The molecule has 1 atom stereocenters. The van der Waals surface area contributed by atoms with Gasteiger partial charge in [-0.05, 0) is 42.0 Å². The number of methoxy groups -OCH3 is 2. The summed E-state index contributed by atoms with van der Waals surface area (Å²) in [5.41, 5.74) is 1.54. The third-order valence-electron chi connectivity index (χ3n) is 4.67. The minimum Gasteiger partial charge on any atom is -0.492 e. The van der Waals surface area contributed by atoms with Gasteiger partial charge in [-0.3, -0.25) is 9.59 Å². The number of hydrogen-bond acceptors (Lipinski definition) is 6. The fourth-order valence-corrected chi connectivity index (χ4v) is 3.13. The highest BCUT2D eigenvalue weighted by Crippen LogP contribution is 2.38. The number of carbonyl (C=O) groups is 2. The first kappa shape index (κ1) is 20.8. The van der Waals surface area contributed by atoms with Gasteiger partial charge in [0.15, 0.2) is 23.1 Å². The number of aliphatic hydroxyl groups is 1. The molecule has 3 aromatic rings. The Morgan fingerprint density at radius 2 is 1.43 bits per heavy atom. The quantitative estimate of drug-likeness (QED) is 0.606. The van der Waals surface area contributed by atoms with Gasteiger partial charge in [-0.25, -0.2) is 0 Å². The van der Waals surface area contributed by atoms with Gasteiger partial charge in [0.2, 0.25) is 0 Å². The minimum absolute atomic E-state index is 0.0666. The van der Waals surface area contributed by atoms with E-state index < -0.39 is 11.9 Å². The van der Waals surface area contributed by atoms with E-state index in [1.807, 2.05) is 6.07 Å². The van der Waals surface area contributed by atoms with Gasteiger partial charge in [0.1, 0.15) is 6.10 Å². The minimum atomic E-state index is -1.38. The molecule has 30 heavy (non-hydrogen) atoms. The number of aliphatic hydroxyl groups excluding tert-OH is 1. The van der Waals surface area contributed by atoms with Crippen molar-refractivity contribution in [3.8, 4) is 17.6 Å². The molecule has 3 aromatic carbocycles. The van der Waals surface area contributed by atoms with E-state index >= 15 is 0 Å². The maximum Gasteiger partial charge on any atom is 0.199 e. The second-order valence-corrected chi connectivity index (χ2v) is 6.42. The van der Waals surface area contributed by atoms with Crippen LogP contribution in [0.15, 0.2) is 66.7 Å². The summed E-state index contributed by atoms with van der Waals surface area (Å²) >= 11 is 0. The summed E-state index contributed by atoms with van der Waals surface area (Å²) in [4.78, 5) is 25.9. The van der Waals surface area contributed by atoms with Gasteiger partial charge in [0, 0.05) is 5.56 Å². The lowest BCUT2D eigenvalue weighted by molar-refractivity contribution is 0.0743. The summed E-state index contributed by atoms with van der Waals surface area (Å²) in [6, 6.07) is 19.6. The molecule has 6 nitrogen and oxygen atoms in total. The Morgan fingerprint density at radius 3 is 2.00 bits per heavy atom. The van der Waals surface area contributed by atoms with Gasteiger partial charge < -0.3 is 14.6 Å². The first-order valence-corrected chi connectivity index (χ1v) is 9.08. The second kappa shape index (κ2) is 9.03. The molecule has 0 aliphatic carbocycles. The van der Waals surface area contributed by atoms with E-state index in [1.54, 1.807) is 54.6 Å². The summed E-state index contributed by atoms with van der Waals surface area (Å²) in [7, 11) is 2.73. The van der Waals surface area contributed by atoms with E-state index in [0.29, 0.717) is 16.7 Å². The third kappa shape index (κ3) is 3.93. The van der Waals surface area contributed by atoms with Crippen molar-refractivity contribution >= 4 is 11.6 Å². The van der Waals surface area contributed by atoms with Crippen LogP contribution in [-0.4, -0.2) is 30.9 Å².